The van der Waals surface area contributed by atoms with Crippen LogP contribution in [0.2, 0.25) is 5.02 Å². The molecule has 0 spiro atoms. The normalized spacial score (nSPS) is 12.9. The standard InChI is InChI=1S/C21H16ClNO4S/c1-12(20(24)23-15-8-6-14(22)7-9-15)27-21(25)18-10-13-11-26-17-5-3-2-4-16(17)19(13)28-18/h2-10,12H,11H2,1H3,(H,23,24)/t12-/m1/s1. The molecule has 3 aromatic rings. The quantitative estimate of drug-likeness (QED) is 0.601. The molecule has 1 aliphatic heterocycles. The molecule has 0 radical (unpaired) electrons. The van der Waals surface area contributed by atoms with Gasteiger partial charge < -0.3 is 14.8 Å². The minimum Gasteiger partial charge on any atom is -0.488 e. The third-order valence-electron chi connectivity index (χ3n) is 4.29. The average Bonchev–Trinajstić information content (AvgIpc) is 3.14. The zero-order chi connectivity index (χ0) is 19.7. The number of amides is 1. The minimum absolute atomic E-state index is 0.405. The van der Waals surface area contributed by atoms with Crippen LogP contribution >= 0.6 is 22.9 Å². The Labute approximate surface area is 170 Å². The number of nitrogens with one attached hydrogen (secondary N) is 1. The van der Waals surface area contributed by atoms with E-state index in [4.69, 9.17) is 21.1 Å². The van der Waals surface area contributed by atoms with E-state index in [1.54, 1.807) is 30.3 Å². The molecular formula is C21H16ClNO4S. The van der Waals surface area contributed by atoms with Crippen LogP contribution < -0.4 is 10.1 Å². The Morgan fingerprint density at radius 1 is 1.18 bits per heavy atom. The van der Waals surface area contributed by atoms with Crippen LogP contribution in [0.3, 0.4) is 0 Å². The number of esters is 1. The van der Waals surface area contributed by atoms with Gasteiger partial charge in [-0.1, -0.05) is 23.7 Å². The topological polar surface area (TPSA) is 64.6 Å². The lowest BCUT2D eigenvalue weighted by atomic mass is 10.1. The van der Waals surface area contributed by atoms with Crippen LogP contribution in [0.15, 0.2) is 54.6 Å². The largest absolute Gasteiger partial charge is 0.488 e. The van der Waals surface area contributed by atoms with Gasteiger partial charge >= 0.3 is 5.97 Å². The number of thiophene rings is 1. The molecule has 0 unspecified atom stereocenters. The summed E-state index contributed by atoms with van der Waals surface area (Å²) < 4.78 is 11.1. The number of ether oxygens (including phenoxy) is 2. The summed E-state index contributed by atoms with van der Waals surface area (Å²) in [5, 5.41) is 3.27. The van der Waals surface area contributed by atoms with E-state index in [0.29, 0.717) is 22.2 Å². The summed E-state index contributed by atoms with van der Waals surface area (Å²) in [6.07, 6.45) is -0.939. The summed E-state index contributed by atoms with van der Waals surface area (Å²) in [5.41, 5.74) is 2.48. The molecule has 1 atom stereocenters. The van der Waals surface area contributed by atoms with Gasteiger partial charge in [0.25, 0.3) is 5.91 Å². The van der Waals surface area contributed by atoms with Crippen molar-refractivity contribution in [2.24, 2.45) is 0 Å². The summed E-state index contributed by atoms with van der Waals surface area (Å²) in [4.78, 5) is 26.3. The number of benzene rings is 2. The van der Waals surface area contributed by atoms with Crippen LogP contribution in [0.5, 0.6) is 5.75 Å². The maximum atomic E-state index is 12.5. The second-order valence-corrected chi connectivity index (χ2v) is 7.78. The van der Waals surface area contributed by atoms with Crippen LogP contribution in [-0.4, -0.2) is 18.0 Å². The first-order chi connectivity index (χ1) is 13.5. The average molecular weight is 414 g/mol. The highest BCUT2D eigenvalue weighted by Gasteiger charge is 2.25. The molecule has 28 heavy (non-hydrogen) atoms. The molecule has 0 fully saturated rings. The molecule has 142 valence electrons. The first-order valence-corrected chi connectivity index (χ1v) is 9.83. The van der Waals surface area contributed by atoms with Crippen molar-refractivity contribution < 1.29 is 19.1 Å². The van der Waals surface area contributed by atoms with Crippen molar-refractivity contribution in [2.75, 3.05) is 5.32 Å². The molecule has 7 heteroatoms. The van der Waals surface area contributed by atoms with Gasteiger partial charge in [-0.3, -0.25) is 4.79 Å². The lowest BCUT2D eigenvalue weighted by Crippen LogP contribution is -2.29. The van der Waals surface area contributed by atoms with Crippen molar-refractivity contribution in [3.05, 3.63) is 70.1 Å². The Kier molecular flexibility index (Phi) is 5.07. The molecule has 5 nitrogen and oxygen atoms in total. The lowest BCUT2D eigenvalue weighted by Gasteiger charge is -2.16. The van der Waals surface area contributed by atoms with Crippen LogP contribution in [0.4, 0.5) is 5.69 Å². The third kappa shape index (κ3) is 3.74. The maximum Gasteiger partial charge on any atom is 0.349 e. The van der Waals surface area contributed by atoms with E-state index in [2.05, 4.69) is 5.32 Å². The van der Waals surface area contributed by atoms with Crippen LogP contribution in [-0.2, 0) is 16.1 Å². The molecule has 1 aromatic heterocycles. The summed E-state index contributed by atoms with van der Waals surface area (Å²) in [5.74, 6) is -0.145. The maximum absolute atomic E-state index is 12.5. The van der Waals surface area contributed by atoms with Gasteiger partial charge in [0.1, 0.15) is 17.2 Å². The second-order valence-electron chi connectivity index (χ2n) is 6.29. The summed E-state index contributed by atoms with van der Waals surface area (Å²) in [6.45, 7) is 1.94. The zero-order valence-corrected chi connectivity index (χ0v) is 16.5. The number of rotatable bonds is 4. The van der Waals surface area contributed by atoms with Gasteiger partial charge in [-0.25, -0.2) is 4.79 Å². The fourth-order valence-corrected chi connectivity index (χ4v) is 4.06. The molecule has 1 aliphatic rings. The van der Waals surface area contributed by atoms with Gasteiger partial charge in [-0.05, 0) is 49.4 Å². The Bertz CT molecular complexity index is 1040. The number of anilines is 1. The SMILES string of the molecule is C[C@@H](OC(=O)c1cc2c(s1)-c1ccccc1OC2)C(=O)Nc1ccc(Cl)cc1. The second kappa shape index (κ2) is 7.66. The molecule has 0 bridgehead atoms. The molecule has 4 rings (SSSR count). The Balaban J connectivity index is 1.45. The summed E-state index contributed by atoms with van der Waals surface area (Å²) in [7, 11) is 0. The van der Waals surface area contributed by atoms with Gasteiger partial charge in [-0.2, -0.15) is 0 Å². The first-order valence-electron chi connectivity index (χ1n) is 8.63. The Hall–Kier alpha value is -2.83. The highest BCUT2D eigenvalue weighted by Crippen LogP contribution is 2.42. The van der Waals surface area contributed by atoms with E-state index in [9.17, 15) is 9.59 Å². The molecular weight excluding hydrogens is 398 g/mol. The van der Waals surface area contributed by atoms with Crippen molar-refractivity contribution >= 4 is 40.5 Å². The fraction of sp³-hybridized carbons (Fsp3) is 0.143. The van der Waals surface area contributed by atoms with Gasteiger partial charge in [0, 0.05) is 26.7 Å². The smallest absolute Gasteiger partial charge is 0.349 e. The molecule has 2 heterocycles. The van der Waals surface area contributed by atoms with E-state index >= 15 is 0 Å². The number of hydrogen-bond acceptors (Lipinski definition) is 5. The first kappa shape index (κ1) is 18.5. The van der Waals surface area contributed by atoms with E-state index < -0.39 is 18.0 Å². The van der Waals surface area contributed by atoms with Crippen molar-refractivity contribution in [3.63, 3.8) is 0 Å². The molecule has 2 aromatic carbocycles. The van der Waals surface area contributed by atoms with Gasteiger partial charge in [0.15, 0.2) is 6.10 Å². The molecule has 0 aliphatic carbocycles. The predicted octanol–water partition coefficient (Wildman–Crippen LogP) is 5.14. The van der Waals surface area contributed by atoms with Crippen molar-refractivity contribution in [2.45, 2.75) is 19.6 Å². The number of carbonyl (C=O) groups is 2. The van der Waals surface area contributed by atoms with E-state index in [1.165, 1.54) is 18.3 Å². The predicted molar refractivity (Wildman–Crippen MR) is 109 cm³/mol. The van der Waals surface area contributed by atoms with E-state index in [0.717, 1.165) is 21.8 Å². The minimum atomic E-state index is -0.939. The van der Waals surface area contributed by atoms with E-state index in [1.807, 2.05) is 24.3 Å². The lowest BCUT2D eigenvalue weighted by molar-refractivity contribution is -0.123. The van der Waals surface area contributed by atoms with Crippen LogP contribution in [0, 0.1) is 0 Å². The number of halogens is 1. The van der Waals surface area contributed by atoms with Crippen molar-refractivity contribution in [1.82, 2.24) is 0 Å². The number of fused-ring (bicyclic) bond motifs is 3. The molecule has 0 saturated heterocycles. The van der Waals surface area contributed by atoms with Crippen LogP contribution in [0.1, 0.15) is 22.2 Å². The number of para-hydroxylation sites is 1. The highest BCUT2D eigenvalue weighted by molar-refractivity contribution is 7.17. The van der Waals surface area contributed by atoms with Crippen LogP contribution in [0.25, 0.3) is 10.4 Å². The summed E-state index contributed by atoms with van der Waals surface area (Å²) >= 11 is 7.18. The zero-order valence-electron chi connectivity index (χ0n) is 14.9. The summed E-state index contributed by atoms with van der Waals surface area (Å²) in [6, 6.07) is 16.2. The molecule has 1 N–H and O–H groups in total. The Morgan fingerprint density at radius 3 is 2.71 bits per heavy atom. The Morgan fingerprint density at radius 2 is 1.93 bits per heavy atom. The third-order valence-corrected chi connectivity index (χ3v) is 5.73. The van der Waals surface area contributed by atoms with Crippen molar-refractivity contribution in [3.8, 4) is 16.2 Å². The fourth-order valence-electron chi connectivity index (χ4n) is 2.85. The molecule has 0 saturated carbocycles. The van der Waals surface area contributed by atoms with Gasteiger partial charge in [0.2, 0.25) is 0 Å². The van der Waals surface area contributed by atoms with Crippen molar-refractivity contribution in [1.29, 1.82) is 0 Å². The van der Waals surface area contributed by atoms with Gasteiger partial charge in [-0.15, -0.1) is 11.3 Å². The number of carbonyl (C=O) groups excluding carboxylic acids is 2. The number of hydrogen-bond donors (Lipinski definition) is 1. The van der Waals surface area contributed by atoms with Gasteiger partial charge in [0.05, 0.1) is 0 Å². The molecule has 1 amide bonds. The highest BCUT2D eigenvalue weighted by atomic mass is 35.5. The monoisotopic (exact) mass is 413 g/mol. The van der Waals surface area contributed by atoms with E-state index in [-0.39, 0.29) is 0 Å².